The topological polar surface area (TPSA) is 49.4 Å². The van der Waals surface area contributed by atoms with Gasteiger partial charge < -0.3 is 10.2 Å². The van der Waals surface area contributed by atoms with Gasteiger partial charge >= 0.3 is 6.18 Å². The Labute approximate surface area is 155 Å². The van der Waals surface area contributed by atoms with Gasteiger partial charge in [-0.05, 0) is 49.2 Å². The molecule has 1 atom stereocenters. The molecular formula is C20H19F3N2O2. The highest BCUT2D eigenvalue weighted by atomic mass is 19.4. The molecule has 2 amide bonds. The first-order chi connectivity index (χ1) is 12.8. The van der Waals surface area contributed by atoms with Gasteiger partial charge in [-0.1, -0.05) is 18.2 Å². The highest BCUT2D eigenvalue weighted by Gasteiger charge is 2.31. The Morgan fingerprint density at radius 3 is 2.56 bits per heavy atom. The number of amides is 2. The molecule has 27 heavy (non-hydrogen) atoms. The highest BCUT2D eigenvalue weighted by molar-refractivity contribution is 5.99. The standard InChI is InChI=1S/C20H19F3N2O2/c1-13(14-5-2-7-16(11-14)20(21,22)23)24-19(27)15-6-3-8-17(12-15)25-10-4-9-18(25)26/h2-3,5-8,11-13H,4,9-10H2,1H3,(H,24,27). The Morgan fingerprint density at radius 2 is 1.89 bits per heavy atom. The summed E-state index contributed by atoms with van der Waals surface area (Å²) in [6.07, 6.45) is -3.17. The van der Waals surface area contributed by atoms with Crippen molar-refractivity contribution in [1.82, 2.24) is 5.32 Å². The SMILES string of the molecule is CC(NC(=O)c1cccc(N2CCCC2=O)c1)c1cccc(C(F)(F)F)c1. The Hall–Kier alpha value is -2.83. The zero-order valence-electron chi connectivity index (χ0n) is 14.7. The minimum atomic E-state index is -4.43. The number of hydrogen-bond donors (Lipinski definition) is 1. The highest BCUT2D eigenvalue weighted by Crippen LogP contribution is 2.31. The molecule has 0 radical (unpaired) electrons. The molecular weight excluding hydrogens is 357 g/mol. The molecule has 1 aliphatic rings. The van der Waals surface area contributed by atoms with Gasteiger partial charge in [0.05, 0.1) is 11.6 Å². The summed E-state index contributed by atoms with van der Waals surface area (Å²) in [6, 6.07) is 11.0. The predicted octanol–water partition coefficient (Wildman–Crippen LogP) is 4.32. The quantitative estimate of drug-likeness (QED) is 0.864. The number of carbonyl (C=O) groups is 2. The minimum absolute atomic E-state index is 0.0184. The third-order valence-corrected chi connectivity index (χ3v) is 4.55. The number of benzene rings is 2. The van der Waals surface area contributed by atoms with Crippen molar-refractivity contribution in [2.45, 2.75) is 32.0 Å². The number of carbonyl (C=O) groups excluding carboxylic acids is 2. The molecule has 1 aliphatic heterocycles. The van der Waals surface area contributed by atoms with E-state index in [0.29, 0.717) is 29.8 Å². The fourth-order valence-electron chi connectivity index (χ4n) is 3.08. The van der Waals surface area contributed by atoms with Gasteiger partial charge in [0.15, 0.2) is 0 Å². The first-order valence-corrected chi connectivity index (χ1v) is 8.64. The van der Waals surface area contributed by atoms with Crippen LogP contribution in [0.4, 0.5) is 18.9 Å². The van der Waals surface area contributed by atoms with E-state index in [-0.39, 0.29) is 5.91 Å². The Kier molecular flexibility index (Phi) is 5.21. The number of alkyl halides is 3. The molecule has 4 nitrogen and oxygen atoms in total. The largest absolute Gasteiger partial charge is 0.416 e. The van der Waals surface area contributed by atoms with Crippen LogP contribution >= 0.6 is 0 Å². The second-order valence-electron chi connectivity index (χ2n) is 6.52. The van der Waals surface area contributed by atoms with Crippen molar-refractivity contribution in [3.8, 4) is 0 Å². The van der Waals surface area contributed by atoms with Crippen LogP contribution in [0.2, 0.25) is 0 Å². The summed E-state index contributed by atoms with van der Waals surface area (Å²) in [5, 5.41) is 2.71. The van der Waals surface area contributed by atoms with E-state index in [1.165, 1.54) is 6.07 Å². The molecule has 0 aliphatic carbocycles. The molecule has 1 fully saturated rings. The van der Waals surface area contributed by atoms with Gasteiger partial charge in [-0.15, -0.1) is 0 Å². The monoisotopic (exact) mass is 376 g/mol. The second kappa shape index (κ2) is 7.42. The summed E-state index contributed by atoms with van der Waals surface area (Å²) in [6.45, 7) is 2.24. The molecule has 0 aromatic heterocycles. The van der Waals surface area contributed by atoms with Crippen LogP contribution in [0.25, 0.3) is 0 Å². The van der Waals surface area contributed by atoms with Crippen LogP contribution < -0.4 is 10.2 Å². The number of anilines is 1. The van der Waals surface area contributed by atoms with E-state index in [2.05, 4.69) is 5.32 Å². The van der Waals surface area contributed by atoms with Crippen LogP contribution in [-0.2, 0) is 11.0 Å². The lowest BCUT2D eigenvalue weighted by Crippen LogP contribution is -2.28. The molecule has 0 bridgehead atoms. The Bertz CT molecular complexity index is 864. The molecule has 2 aromatic carbocycles. The van der Waals surface area contributed by atoms with Gasteiger partial charge in [0.2, 0.25) is 5.91 Å². The lowest BCUT2D eigenvalue weighted by molar-refractivity contribution is -0.137. The van der Waals surface area contributed by atoms with Gasteiger partial charge in [-0.25, -0.2) is 0 Å². The maximum atomic E-state index is 12.9. The van der Waals surface area contributed by atoms with Crippen molar-refractivity contribution >= 4 is 17.5 Å². The average Bonchev–Trinajstić information content (AvgIpc) is 3.07. The van der Waals surface area contributed by atoms with E-state index >= 15 is 0 Å². The summed E-state index contributed by atoms with van der Waals surface area (Å²) in [5.74, 6) is -0.390. The van der Waals surface area contributed by atoms with Crippen LogP contribution in [0.3, 0.4) is 0 Å². The maximum Gasteiger partial charge on any atom is 0.416 e. The van der Waals surface area contributed by atoms with Crippen molar-refractivity contribution in [3.63, 3.8) is 0 Å². The van der Waals surface area contributed by atoms with Gasteiger partial charge in [0.25, 0.3) is 5.91 Å². The van der Waals surface area contributed by atoms with Crippen LogP contribution in [0, 0.1) is 0 Å². The number of hydrogen-bond acceptors (Lipinski definition) is 2. The van der Waals surface area contributed by atoms with Crippen LogP contribution in [-0.4, -0.2) is 18.4 Å². The van der Waals surface area contributed by atoms with Crippen molar-refractivity contribution < 1.29 is 22.8 Å². The molecule has 7 heteroatoms. The zero-order chi connectivity index (χ0) is 19.6. The normalized spacial score (nSPS) is 15.7. The number of halogens is 3. The van der Waals surface area contributed by atoms with Gasteiger partial charge in [-0.3, -0.25) is 9.59 Å². The van der Waals surface area contributed by atoms with Crippen molar-refractivity contribution in [2.75, 3.05) is 11.4 Å². The van der Waals surface area contributed by atoms with E-state index in [1.807, 2.05) is 0 Å². The van der Waals surface area contributed by atoms with Gasteiger partial charge in [0, 0.05) is 24.2 Å². The third-order valence-electron chi connectivity index (χ3n) is 4.55. The number of nitrogens with one attached hydrogen (secondary N) is 1. The maximum absolute atomic E-state index is 12.9. The fourth-order valence-corrected chi connectivity index (χ4v) is 3.08. The lowest BCUT2D eigenvalue weighted by atomic mass is 10.0. The van der Waals surface area contributed by atoms with Crippen molar-refractivity contribution in [3.05, 3.63) is 65.2 Å². The Balaban J connectivity index is 1.75. The summed E-state index contributed by atoms with van der Waals surface area (Å²) in [7, 11) is 0. The second-order valence-corrected chi connectivity index (χ2v) is 6.52. The van der Waals surface area contributed by atoms with Crippen molar-refractivity contribution in [2.24, 2.45) is 0 Å². The van der Waals surface area contributed by atoms with Crippen LogP contribution in [0.5, 0.6) is 0 Å². The summed E-state index contributed by atoms with van der Waals surface area (Å²) in [4.78, 5) is 26.0. The van der Waals surface area contributed by atoms with Gasteiger partial charge in [-0.2, -0.15) is 13.2 Å². The minimum Gasteiger partial charge on any atom is -0.346 e. The predicted molar refractivity (Wildman–Crippen MR) is 95.4 cm³/mol. The van der Waals surface area contributed by atoms with E-state index in [9.17, 15) is 22.8 Å². The molecule has 1 unspecified atom stereocenters. The van der Waals surface area contributed by atoms with E-state index in [1.54, 1.807) is 42.2 Å². The first kappa shape index (κ1) is 18.9. The summed E-state index contributed by atoms with van der Waals surface area (Å²) < 4.78 is 38.6. The van der Waals surface area contributed by atoms with E-state index < -0.39 is 23.7 Å². The summed E-state index contributed by atoms with van der Waals surface area (Å²) in [5.41, 5.74) is 0.614. The molecule has 1 N–H and O–H groups in total. The molecule has 3 rings (SSSR count). The third kappa shape index (κ3) is 4.30. The Morgan fingerprint density at radius 1 is 1.15 bits per heavy atom. The molecule has 1 saturated heterocycles. The van der Waals surface area contributed by atoms with E-state index in [0.717, 1.165) is 18.6 Å². The van der Waals surface area contributed by atoms with E-state index in [4.69, 9.17) is 0 Å². The molecule has 1 heterocycles. The summed E-state index contributed by atoms with van der Waals surface area (Å²) >= 11 is 0. The van der Waals surface area contributed by atoms with Crippen LogP contribution in [0.1, 0.15) is 47.3 Å². The molecule has 2 aromatic rings. The molecule has 0 spiro atoms. The molecule has 0 saturated carbocycles. The average molecular weight is 376 g/mol. The molecule has 142 valence electrons. The van der Waals surface area contributed by atoms with Gasteiger partial charge in [0.1, 0.15) is 0 Å². The zero-order valence-corrected chi connectivity index (χ0v) is 14.7. The fraction of sp³-hybridized carbons (Fsp3) is 0.300. The number of nitrogens with zero attached hydrogens (tertiary/aromatic N) is 1. The first-order valence-electron chi connectivity index (χ1n) is 8.64. The van der Waals surface area contributed by atoms with Crippen LogP contribution in [0.15, 0.2) is 48.5 Å². The lowest BCUT2D eigenvalue weighted by Gasteiger charge is -2.18. The number of rotatable bonds is 4. The smallest absolute Gasteiger partial charge is 0.346 e. The van der Waals surface area contributed by atoms with Crippen molar-refractivity contribution in [1.29, 1.82) is 0 Å².